The molecule has 0 bridgehead atoms. The van der Waals surface area contributed by atoms with Gasteiger partial charge < -0.3 is 15.5 Å². The summed E-state index contributed by atoms with van der Waals surface area (Å²) in [6.45, 7) is 4.17. The number of urea groups is 1. The van der Waals surface area contributed by atoms with E-state index in [9.17, 15) is 9.59 Å². The summed E-state index contributed by atoms with van der Waals surface area (Å²) >= 11 is 0. The summed E-state index contributed by atoms with van der Waals surface area (Å²) in [4.78, 5) is 26.6. The summed E-state index contributed by atoms with van der Waals surface area (Å²) < 4.78 is 0. The van der Waals surface area contributed by atoms with E-state index in [1.165, 1.54) is 18.4 Å². The van der Waals surface area contributed by atoms with Crippen LogP contribution >= 0.6 is 0 Å². The third kappa shape index (κ3) is 5.58. The fourth-order valence-electron chi connectivity index (χ4n) is 3.22. The van der Waals surface area contributed by atoms with Crippen LogP contribution in [-0.2, 0) is 6.54 Å². The van der Waals surface area contributed by atoms with Gasteiger partial charge in [-0.25, -0.2) is 4.79 Å². The van der Waals surface area contributed by atoms with Crippen LogP contribution in [0.2, 0.25) is 0 Å². The Bertz CT molecular complexity index is 761. The normalized spacial score (nSPS) is 14.3. The van der Waals surface area contributed by atoms with Gasteiger partial charge in [0.25, 0.3) is 5.91 Å². The van der Waals surface area contributed by atoms with Crippen molar-refractivity contribution in [2.45, 2.75) is 39.2 Å². The van der Waals surface area contributed by atoms with Gasteiger partial charge in [0.05, 0.1) is 0 Å². The van der Waals surface area contributed by atoms with Gasteiger partial charge in [-0.1, -0.05) is 42.7 Å². The second kappa shape index (κ2) is 9.21. The first-order valence-electron chi connectivity index (χ1n) is 9.61. The second-order valence-corrected chi connectivity index (χ2v) is 7.08. The molecule has 0 radical (unpaired) electrons. The lowest BCUT2D eigenvalue weighted by atomic mass is 10.1. The zero-order valence-corrected chi connectivity index (χ0v) is 15.8. The Morgan fingerprint density at radius 2 is 1.52 bits per heavy atom. The van der Waals surface area contributed by atoms with Crippen molar-refractivity contribution in [3.05, 3.63) is 65.2 Å². The highest BCUT2D eigenvalue weighted by Crippen LogP contribution is 2.15. The number of carbonyl (C=O) groups excluding carboxylic acids is 2. The number of nitrogens with one attached hydrogen (secondary N) is 2. The highest BCUT2D eigenvalue weighted by atomic mass is 16.2. The molecule has 27 heavy (non-hydrogen) atoms. The van der Waals surface area contributed by atoms with Crippen LogP contribution in [0.5, 0.6) is 0 Å². The molecule has 1 aliphatic rings. The minimum absolute atomic E-state index is 0.0762. The number of likely N-dealkylation sites (tertiary alicyclic amines) is 1. The van der Waals surface area contributed by atoms with Gasteiger partial charge >= 0.3 is 6.03 Å². The molecule has 2 aromatic rings. The second-order valence-electron chi connectivity index (χ2n) is 7.08. The zero-order chi connectivity index (χ0) is 19.1. The molecule has 5 heteroatoms. The maximum Gasteiger partial charge on any atom is 0.319 e. The average molecular weight is 365 g/mol. The third-order valence-corrected chi connectivity index (χ3v) is 4.86. The van der Waals surface area contributed by atoms with Gasteiger partial charge in [-0.15, -0.1) is 0 Å². The predicted molar refractivity (Wildman–Crippen MR) is 108 cm³/mol. The third-order valence-electron chi connectivity index (χ3n) is 4.86. The van der Waals surface area contributed by atoms with Crippen molar-refractivity contribution >= 4 is 17.6 Å². The molecule has 142 valence electrons. The Balaban J connectivity index is 1.51. The quantitative estimate of drug-likeness (QED) is 0.847. The summed E-state index contributed by atoms with van der Waals surface area (Å²) in [7, 11) is 0. The van der Waals surface area contributed by atoms with Gasteiger partial charge in [0.1, 0.15) is 0 Å². The molecule has 1 fully saturated rings. The zero-order valence-electron chi connectivity index (χ0n) is 15.8. The van der Waals surface area contributed by atoms with Crippen molar-refractivity contribution in [3.8, 4) is 0 Å². The Kier molecular flexibility index (Phi) is 6.47. The van der Waals surface area contributed by atoms with Crippen molar-refractivity contribution in [1.82, 2.24) is 10.2 Å². The SMILES string of the molecule is Cc1ccc(CNC(=O)Nc2ccc(C(=O)N3CCCCCC3)cc2)cc1. The molecule has 1 heterocycles. The van der Waals surface area contributed by atoms with Crippen LogP contribution in [0.3, 0.4) is 0 Å². The van der Waals surface area contributed by atoms with Crippen molar-refractivity contribution in [3.63, 3.8) is 0 Å². The van der Waals surface area contributed by atoms with Gasteiger partial charge in [-0.3, -0.25) is 4.79 Å². The largest absolute Gasteiger partial charge is 0.339 e. The fourth-order valence-corrected chi connectivity index (χ4v) is 3.22. The van der Waals surface area contributed by atoms with E-state index in [2.05, 4.69) is 10.6 Å². The molecular formula is C22H27N3O2. The molecule has 3 amide bonds. The van der Waals surface area contributed by atoms with Crippen LogP contribution in [0.1, 0.15) is 47.2 Å². The van der Waals surface area contributed by atoms with E-state index in [0.717, 1.165) is 31.5 Å². The summed E-state index contributed by atoms with van der Waals surface area (Å²) in [5.74, 6) is 0.0762. The topological polar surface area (TPSA) is 61.4 Å². The van der Waals surface area contributed by atoms with Crippen LogP contribution < -0.4 is 10.6 Å². The molecule has 2 N–H and O–H groups in total. The van der Waals surface area contributed by atoms with Crippen molar-refractivity contribution in [2.75, 3.05) is 18.4 Å². The summed E-state index contributed by atoms with van der Waals surface area (Å²) in [5, 5.41) is 5.64. The molecule has 0 spiro atoms. The van der Waals surface area contributed by atoms with E-state index >= 15 is 0 Å². The first kappa shape index (κ1) is 19.0. The molecule has 0 unspecified atom stereocenters. The molecule has 0 aliphatic carbocycles. The molecule has 3 rings (SSSR count). The Hall–Kier alpha value is -2.82. The smallest absolute Gasteiger partial charge is 0.319 e. The van der Waals surface area contributed by atoms with Crippen molar-refractivity contribution < 1.29 is 9.59 Å². The molecule has 1 saturated heterocycles. The fraction of sp³-hybridized carbons (Fsp3) is 0.364. The van der Waals surface area contributed by atoms with E-state index in [1.54, 1.807) is 24.3 Å². The average Bonchev–Trinajstić information content (AvgIpc) is 2.97. The number of rotatable bonds is 4. The lowest BCUT2D eigenvalue weighted by Crippen LogP contribution is -2.31. The van der Waals surface area contributed by atoms with Gasteiger partial charge in [-0.2, -0.15) is 0 Å². The van der Waals surface area contributed by atoms with Gasteiger partial charge in [0.15, 0.2) is 0 Å². The van der Waals surface area contributed by atoms with Crippen molar-refractivity contribution in [1.29, 1.82) is 0 Å². The van der Waals surface area contributed by atoms with Crippen LogP contribution in [-0.4, -0.2) is 29.9 Å². The maximum absolute atomic E-state index is 12.6. The number of hydrogen-bond acceptors (Lipinski definition) is 2. The summed E-state index contributed by atoms with van der Waals surface area (Å²) in [5.41, 5.74) is 3.58. The van der Waals surface area contributed by atoms with E-state index in [1.807, 2.05) is 36.1 Å². The molecule has 0 atom stereocenters. The van der Waals surface area contributed by atoms with Crippen LogP contribution in [0.25, 0.3) is 0 Å². The number of aryl methyl sites for hydroxylation is 1. The number of benzene rings is 2. The Labute approximate surface area is 160 Å². The molecule has 0 saturated carbocycles. The van der Waals surface area contributed by atoms with Crippen LogP contribution in [0.15, 0.2) is 48.5 Å². The number of anilines is 1. The number of carbonyl (C=O) groups is 2. The van der Waals surface area contributed by atoms with Gasteiger partial charge in [0.2, 0.25) is 0 Å². The Morgan fingerprint density at radius 1 is 0.889 bits per heavy atom. The monoisotopic (exact) mass is 365 g/mol. The Morgan fingerprint density at radius 3 is 2.15 bits per heavy atom. The first-order valence-corrected chi connectivity index (χ1v) is 9.61. The lowest BCUT2D eigenvalue weighted by molar-refractivity contribution is 0.0761. The highest BCUT2D eigenvalue weighted by Gasteiger charge is 2.17. The summed E-state index contributed by atoms with van der Waals surface area (Å²) in [6, 6.07) is 14.9. The van der Waals surface area contributed by atoms with Crippen molar-refractivity contribution in [2.24, 2.45) is 0 Å². The molecule has 1 aliphatic heterocycles. The highest BCUT2D eigenvalue weighted by molar-refractivity contribution is 5.95. The number of nitrogens with zero attached hydrogens (tertiary/aromatic N) is 1. The molecule has 5 nitrogen and oxygen atoms in total. The predicted octanol–water partition coefficient (Wildman–Crippen LogP) is 4.33. The van der Waals surface area contributed by atoms with E-state index in [-0.39, 0.29) is 11.9 Å². The first-order chi connectivity index (χ1) is 13.1. The standard InChI is InChI=1S/C22H27N3O2/c1-17-6-8-18(9-7-17)16-23-22(27)24-20-12-10-19(11-13-20)21(26)25-14-4-2-3-5-15-25/h6-13H,2-5,14-16H2,1H3,(H2,23,24,27). The maximum atomic E-state index is 12.6. The van der Waals surface area contributed by atoms with E-state index in [4.69, 9.17) is 0 Å². The van der Waals surface area contributed by atoms with E-state index < -0.39 is 0 Å². The number of hydrogen-bond donors (Lipinski definition) is 2. The summed E-state index contributed by atoms with van der Waals surface area (Å²) in [6.07, 6.45) is 4.55. The van der Waals surface area contributed by atoms with Gasteiger partial charge in [-0.05, 0) is 49.6 Å². The van der Waals surface area contributed by atoms with E-state index in [0.29, 0.717) is 17.8 Å². The number of amides is 3. The minimum atomic E-state index is -0.262. The molecule has 0 aromatic heterocycles. The lowest BCUT2D eigenvalue weighted by Gasteiger charge is -2.20. The minimum Gasteiger partial charge on any atom is -0.339 e. The molecular weight excluding hydrogens is 338 g/mol. The van der Waals surface area contributed by atoms with Gasteiger partial charge in [0, 0.05) is 30.9 Å². The van der Waals surface area contributed by atoms with Crippen LogP contribution in [0, 0.1) is 6.92 Å². The molecule has 2 aromatic carbocycles. The van der Waals surface area contributed by atoms with Crippen LogP contribution in [0.4, 0.5) is 10.5 Å².